The standard InChI is InChI=1S/C36H26N4O4.C28H30N8O2.C2H8N2/c41-35(43-29-7-3-1-4-8-29)37-27-15-17-31-25(19-27)21-33(39-31)23-11-13-24(14-12-23)34-22-26-20-28(16-18-32(26)40-34)38-36(42)44-30-9-5-2-6-10-30;1-35(2)33-27(37)29-21-9-11-23-19(13-21)15-25(31-23)17-5-7-18(8-6-17)26-16-20-14-22(10-12-24(20)32-26)30-28(38)34-36(3)4;1-4(2)3/h1-20H,21-22H2,(H,37,41)(H,38,42);5-14H,15-16H2,1-4H3,(H2,29,33,37)(H2,30,34,38);3H2,1-2H3. The van der Waals surface area contributed by atoms with Gasteiger partial charge in [0.25, 0.3) is 0 Å². The molecule has 0 radical (unpaired) electrons. The van der Waals surface area contributed by atoms with Gasteiger partial charge >= 0.3 is 24.2 Å². The molecule has 0 unspecified atom stereocenters. The van der Waals surface area contributed by atoms with Gasteiger partial charge in [-0.05, 0) is 142 Å². The Morgan fingerprint density at radius 2 is 0.628 bits per heavy atom. The summed E-state index contributed by atoms with van der Waals surface area (Å²) in [7, 11) is 10.6. The summed E-state index contributed by atoms with van der Waals surface area (Å²) in [6.07, 6.45) is 1.63. The van der Waals surface area contributed by atoms with Crippen molar-refractivity contribution < 1.29 is 28.7 Å². The van der Waals surface area contributed by atoms with Crippen molar-refractivity contribution in [3.63, 3.8) is 0 Å². The average Bonchev–Trinajstić information content (AvgIpc) is 3.07. The average molecular weight is 1150 g/mol. The molecule has 434 valence electrons. The summed E-state index contributed by atoms with van der Waals surface area (Å²) in [5.74, 6) is 5.91. The van der Waals surface area contributed by atoms with Crippen molar-refractivity contribution >= 4 is 92.6 Å². The number of amides is 6. The number of rotatable bonds is 12. The van der Waals surface area contributed by atoms with Crippen LogP contribution in [0.1, 0.15) is 44.5 Å². The van der Waals surface area contributed by atoms with Gasteiger partial charge in [0.2, 0.25) is 0 Å². The normalized spacial score (nSPS) is 13.0. The van der Waals surface area contributed by atoms with E-state index in [1.807, 2.05) is 109 Å². The molecule has 0 bridgehead atoms. The van der Waals surface area contributed by atoms with Crippen molar-refractivity contribution in [3.05, 3.63) is 226 Å². The van der Waals surface area contributed by atoms with Crippen LogP contribution in [0.4, 0.5) is 64.7 Å². The van der Waals surface area contributed by atoms with Gasteiger partial charge in [0, 0.05) is 90.7 Å². The van der Waals surface area contributed by atoms with Crippen LogP contribution in [0.5, 0.6) is 11.5 Å². The Morgan fingerprint density at radius 1 is 0.372 bits per heavy atom. The third-order valence-electron chi connectivity index (χ3n) is 13.4. The number of para-hydroxylation sites is 2. The Bertz CT molecular complexity index is 3700. The Labute approximate surface area is 498 Å². The SMILES string of the molecule is CN(C)N.CN(C)NC(=O)Nc1ccc2c(c1)CC(c1ccc(C3=Nc4ccc(NC(=O)NN(C)C)cc4C3)cc1)=N2.O=C(Nc1ccc2c(c1)CC(c1ccc(C3=Nc4ccc(NC(=O)Oc5ccccc5)cc4C3)cc1)=N2)Oc1ccccc1. The molecule has 0 spiro atoms. The highest BCUT2D eigenvalue weighted by Crippen LogP contribution is 2.36. The molecule has 0 aromatic heterocycles. The van der Waals surface area contributed by atoms with E-state index in [9.17, 15) is 19.2 Å². The molecule has 0 atom stereocenters. The molecule has 12 rings (SSSR count). The molecule has 20 nitrogen and oxygen atoms in total. The van der Waals surface area contributed by atoms with Crippen molar-refractivity contribution in [1.82, 2.24) is 25.9 Å². The number of benzene rings is 8. The van der Waals surface area contributed by atoms with E-state index in [0.717, 1.165) is 101 Å². The second-order valence-corrected chi connectivity index (χ2v) is 21.0. The lowest BCUT2D eigenvalue weighted by molar-refractivity contribution is 0.214. The van der Waals surface area contributed by atoms with E-state index in [1.54, 1.807) is 76.6 Å². The number of nitrogens with one attached hydrogen (secondary N) is 6. The van der Waals surface area contributed by atoms with Gasteiger partial charge in [-0.2, -0.15) is 0 Å². The van der Waals surface area contributed by atoms with E-state index < -0.39 is 12.2 Å². The smallest absolute Gasteiger partial charge is 0.410 e. The molecule has 0 saturated carbocycles. The summed E-state index contributed by atoms with van der Waals surface area (Å²) < 4.78 is 10.7. The molecule has 8 aromatic carbocycles. The van der Waals surface area contributed by atoms with Gasteiger partial charge in [-0.1, -0.05) is 84.9 Å². The molecule has 8 N–H and O–H groups in total. The van der Waals surface area contributed by atoms with Gasteiger partial charge < -0.3 is 20.1 Å². The Balaban J connectivity index is 0.000000182. The molecule has 86 heavy (non-hydrogen) atoms. The summed E-state index contributed by atoms with van der Waals surface area (Å²) >= 11 is 0. The van der Waals surface area contributed by atoms with E-state index in [2.05, 4.69) is 80.6 Å². The zero-order chi connectivity index (χ0) is 60.3. The van der Waals surface area contributed by atoms with Crippen molar-refractivity contribution in [2.45, 2.75) is 25.7 Å². The fourth-order valence-corrected chi connectivity index (χ4v) is 9.70. The molecule has 8 aromatic rings. The number of nitrogens with two attached hydrogens (primary N) is 1. The van der Waals surface area contributed by atoms with Gasteiger partial charge in [-0.25, -0.2) is 29.2 Å². The highest BCUT2D eigenvalue weighted by atomic mass is 16.6. The second kappa shape index (κ2) is 26.7. The Kier molecular flexibility index (Phi) is 18.2. The molecule has 0 aliphatic carbocycles. The van der Waals surface area contributed by atoms with E-state index >= 15 is 0 Å². The van der Waals surface area contributed by atoms with Crippen molar-refractivity contribution in [2.75, 3.05) is 63.6 Å². The van der Waals surface area contributed by atoms with Crippen LogP contribution in [0.2, 0.25) is 0 Å². The lowest BCUT2D eigenvalue weighted by Crippen LogP contribution is -2.39. The minimum atomic E-state index is -0.541. The molecule has 20 heteroatoms. The fourth-order valence-electron chi connectivity index (χ4n) is 9.70. The summed E-state index contributed by atoms with van der Waals surface area (Å²) in [6, 6.07) is 56.7. The van der Waals surface area contributed by atoms with Crippen LogP contribution in [-0.2, 0) is 25.7 Å². The number of aliphatic imine (C=N–C) groups is 4. The van der Waals surface area contributed by atoms with Crippen molar-refractivity contribution in [2.24, 2.45) is 25.8 Å². The monoisotopic (exact) mass is 1150 g/mol. The highest BCUT2D eigenvalue weighted by Gasteiger charge is 2.23. The summed E-state index contributed by atoms with van der Waals surface area (Å²) in [4.78, 5) is 67.9. The number of carbonyl (C=O) groups is 4. The van der Waals surface area contributed by atoms with Crippen LogP contribution >= 0.6 is 0 Å². The minimum Gasteiger partial charge on any atom is -0.410 e. The predicted molar refractivity (Wildman–Crippen MR) is 340 cm³/mol. The zero-order valence-corrected chi connectivity index (χ0v) is 48.3. The lowest BCUT2D eigenvalue weighted by Gasteiger charge is -2.13. The van der Waals surface area contributed by atoms with Crippen molar-refractivity contribution in [3.8, 4) is 11.5 Å². The van der Waals surface area contributed by atoms with Crippen LogP contribution in [0.15, 0.2) is 202 Å². The molecule has 4 aliphatic rings. The van der Waals surface area contributed by atoms with E-state index in [0.29, 0.717) is 48.6 Å². The number of carbonyl (C=O) groups excluding carboxylic acids is 4. The predicted octanol–water partition coefficient (Wildman–Crippen LogP) is 11.9. The number of nitrogens with zero attached hydrogens (tertiary/aromatic N) is 7. The second-order valence-electron chi connectivity index (χ2n) is 21.0. The quantitative estimate of drug-likeness (QED) is 0.0450. The molecule has 0 fully saturated rings. The van der Waals surface area contributed by atoms with Crippen LogP contribution in [0, 0.1) is 0 Å². The van der Waals surface area contributed by atoms with Gasteiger partial charge in [0.05, 0.1) is 45.6 Å². The molecule has 6 amide bonds. The number of ether oxygens (including phenoxy) is 2. The van der Waals surface area contributed by atoms with E-state index in [-0.39, 0.29) is 12.1 Å². The molecule has 4 heterocycles. The zero-order valence-electron chi connectivity index (χ0n) is 48.3. The highest BCUT2D eigenvalue weighted by molar-refractivity contribution is 6.11. The van der Waals surface area contributed by atoms with Crippen LogP contribution < -0.4 is 47.4 Å². The maximum absolute atomic E-state index is 12.3. The lowest BCUT2D eigenvalue weighted by atomic mass is 9.99. The Hall–Kier alpha value is -10.6. The van der Waals surface area contributed by atoms with Gasteiger partial charge in [0.15, 0.2) is 0 Å². The van der Waals surface area contributed by atoms with E-state index in [1.165, 1.54) is 5.01 Å². The maximum atomic E-state index is 12.3. The molecular weight excluding hydrogens is 1080 g/mol. The molecule has 0 saturated heterocycles. The van der Waals surface area contributed by atoms with Crippen LogP contribution in [0.3, 0.4) is 0 Å². The number of hydrogen-bond acceptors (Lipinski definition) is 14. The maximum Gasteiger partial charge on any atom is 0.417 e. The van der Waals surface area contributed by atoms with Crippen LogP contribution in [0.25, 0.3) is 0 Å². The number of hydrazine groups is 3. The first-order chi connectivity index (χ1) is 41.5. The van der Waals surface area contributed by atoms with Gasteiger partial charge in [-0.3, -0.25) is 52.3 Å². The number of hydrogen-bond donors (Lipinski definition) is 7. The van der Waals surface area contributed by atoms with Gasteiger partial charge in [-0.15, -0.1) is 0 Å². The third kappa shape index (κ3) is 15.5. The fraction of sp³-hybridized carbons (Fsp3) is 0.152. The summed E-state index contributed by atoms with van der Waals surface area (Å²) in [6.45, 7) is 0. The summed E-state index contributed by atoms with van der Waals surface area (Å²) in [5, 5.41) is 15.9. The van der Waals surface area contributed by atoms with Crippen molar-refractivity contribution in [1.29, 1.82) is 0 Å². The van der Waals surface area contributed by atoms with Crippen LogP contribution in [-0.4, -0.2) is 104 Å². The molecule has 4 aliphatic heterocycles. The largest absolute Gasteiger partial charge is 0.417 e. The number of anilines is 4. The summed E-state index contributed by atoms with van der Waals surface area (Å²) in [5.41, 5.74) is 24.0. The topological polar surface area (TPSA) is 244 Å². The van der Waals surface area contributed by atoms with E-state index in [4.69, 9.17) is 35.3 Å². The Morgan fingerprint density at radius 3 is 0.884 bits per heavy atom. The number of urea groups is 2. The third-order valence-corrected chi connectivity index (χ3v) is 13.4. The molecular formula is C66H64N14O6. The first kappa shape index (κ1) is 58.6. The van der Waals surface area contributed by atoms with Gasteiger partial charge in [0.1, 0.15) is 11.5 Å². The first-order valence-electron chi connectivity index (χ1n) is 27.6. The minimum absolute atomic E-state index is 0.288. The number of fused-ring (bicyclic) bond motifs is 4. The first-order valence-corrected chi connectivity index (χ1v) is 27.6.